The number of nitrogens with zero attached hydrogens (tertiary/aromatic N) is 2. The average molecular weight is 180 g/mol. The van der Waals surface area contributed by atoms with Crippen LogP contribution < -0.4 is 0 Å². The molecule has 0 radical (unpaired) electrons. The molecule has 1 rings (SSSR count). The van der Waals surface area contributed by atoms with Crippen molar-refractivity contribution in [3.05, 3.63) is 23.5 Å². The summed E-state index contributed by atoms with van der Waals surface area (Å²) in [5.41, 5.74) is 1.84. The Hall–Kier alpha value is -1.58. The summed E-state index contributed by atoms with van der Waals surface area (Å²) in [6.07, 6.45) is 4.33. The summed E-state index contributed by atoms with van der Waals surface area (Å²) in [5.74, 6) is -0.941. The Kier molecular flexibility index (Phi) is 2.84. The van der Waals surface area contributed by atoms with Crippen molar-refractivity contribution in [2.75, 3.05) is 0 Å². The van der Waals surface area contributed by atoms with E-state index in [1.54, 1.807) is 12.3 Å². The Balaban J connectivity index is 2.90. The molecule has 13 heavy (non-hydrogen) atoms. The first-order chi connectivity index (χ1) is 6.15. The van der Waals surface area contributed by atoms with E-state index in [-0.39, 0.29) is 0 Å². The summed E-state index contributed by atoms with van der Waals surface area (Å²) in [7, 11) is 0. The van der Waals surface area contributed by atoms with Crippen LogP contribution in [0.1, 0.15) is 18.2 Å². The molecule has 0 aromatic carbocycles. The van der Waals surface area contributed by atoms with Gasteiger partial charge in [0.25, 0.3) is 0 Å². The highest BCUT2D eigenvalue weighted by Crippen LogP contribution is 2.08. The standard InChI is InChI=1S/C9H12N2O2/c1-3-11-7(2)8(6-10-11)4-5-9(12)13/h4-6H,3H2,1-2H3,(H,12,13)/b5-4+. The largest absolute Gasteiger partial charge is 0.478 e. The number of hydrogen-bond acceptors (Lipinski definition) is 2. The second-order valence-corrected chi connectivity index (χ2v) is 2.67. The summed E-state index contributed by atoms with van der Waals surface area (Å²) >= 11 is 0. The highest BCUT2D eigenvalue weighted by molar-refractivity contribution is 5.85. The predicted molar refractivity (Wildman–Crippen MR) is 49.3 cm³/mol. The number of aliphatic carboxylic acids is 1. The van der Waals surface area contributed by atoms with Gasteiger partial charge in [-0.2, -0.15) is 5.10 Å². The van der Waals surface area contributed by atoms with E-state index in [4.69, 9.17) is 5.11 Å². The minimum Gasteiger partial charge on any atom is -0.478 e. The number of rotatable bonds is 3. The first kappa shape index (κ1) is 9.51. The van der Waals surface area contributed by atoms with Crippen molar-refractivity contribution >= 4 is 12.0 Å². The Bertz CT molecular complexity index is 339. The minimum absolute atomic E-state index is 0.798. The number of carboxylic acids is 1. The van der Waals surface area contributed by atoms with E-state index in [2.05, 4.69) is 5.10 Å². The van der Waals surface area contributed by atoms with Crippen LogP contribution >= 0.6 is 0 Å². The van der Waals surface area contributed by atoms with Crippen LogP contribution in [-0.4, -0.2) is 20.9 Å². The van der Waals surface area contributed by atoms with Crippen LogP contribution in [0.3, 0.4) is 0 Å². The smallest absolute Gasteiger partial charge is 0.328 e. The monoisotopic (exact) mass is 180 g/mol. The van der Waals surface area contributed by atoms with Crippen LogP contribution in [-0.2, 0) is 11.3 Å². The first-order valence-corrected chi connectivity index (χ1v) is 4.08. The minimum atomic E-state index is -0.941. The van der Waals surface area contributed by atoms with Crippen LogP contribution in [0, 0.1) is 6.92 Å². The van der Waals surface area contributed by atoms with Crippen molar-refractivity contribution in [3.63, 3.8) is 0 Å². The molecule has 1 aromatic rings. The fourth-order valence-electron chi connectivity index (χ4n) is 1.10. The highest BCUT2D eigenvalue weighted by atomic mass is 16.4. The lowest BCUT2D eigenvalue weighted by atomic mass is 10.2. The van der Waals surface area contributed by atoms with E-state index in [1.807, 2.05) is 18.5 Å². The van der Waals surface area contributed by atoms with Gasteiger partial charge in [0.2, 0.25) is 0 Å². The molecule has 0 saturated carbocycles. The third-order valence-corrected chi connectivity index (χ3v) is 1.85. The molecule has 1 heterocycles. The number of carboxylic acid groups (broad SMARTS) is 1. The molecule has 0 atom stereocenters. The number of aryl methyl sites for hydroxylation is 1. The fourth-order valence-corrected chi connectivity index (χ4v) is 1.10. The molecule has 0 bridgehead atoms. The summed E-state index contributed by atoms with van der Waals surface area (Å²) < 4.78 is 1.82. The molecule has 1 N–H and O–H groups in total. The van der Waals surface area contributed by atoms with Crippen LogP contribution in [0.5, 0.6) is 0 Å². The van der Waals surface area contributed by atoms with Crippen molar-refractivity contribution in [3.8, 4) is 0 Å². The quantitative estimate of drug-likeness (QED) is 0.713. The average Bonchev–Trinajstić information content (AvgIpc) is 2.43. The Labute approximate surface area is 76.5 Å². The first-order valence-electron chi connectivity index (χ1n) is 4.08. The zero-order chi connectivity index (χ0) is 9.84. The highest BCUT2D eigenvalue weighted by Gasteiger charge is 2.01. The Morgan fingerprint density at radius 3 is 2.92 bits per heavy atom. The molecule has 0 unspecified atom stereocenters. The molecule has 4 nitrogen and oxygen atoms in total. The molecule has 0 aliphatic rings. The SMILES string of the molecule is CCn1ncc(/C=C/C(=O)O)c1C. The van der Waals surface area contributed by atoms with E-state index in [9.17, 15) is 4.79 Å². The van der Waals surface area contributed by atoms with Gasteiger partial charge in [0.1, 0.15) is 0 Å². The summed E-state index contributed by atoms with van der Waals surface area (Å²) in [6, 6.07) is 0. The molecule has 0 aliphatic heterocycles. The Morgan fingerprint density at radius 1 is 1.77 bits per heavy atom. The maximum absolute atomic E-state index is 10.2. The Morgan fingerprint density at radius 2 is 2.46 bits per heavy atom. The maximum atomic E-state index is 10.2. The molecule has 70 valence electrons. The molecule has 4 heteroatoms. The van der Waals surface area contributed by atoms with Crippen LogP contribution in [0.25, 0.3) is 6.08 Å². The lowest BCUT2D eigenvalue weighted by Crippen LogP contribution is -1.98. The molecular weight excluding hydrogens is 168 g/mol. The fraction of sp³-hybridized carbons (Fsp3) is 0.333. The van der Waals surface area contributed by atoms with Crippen molar-refractivity contribution in [1.29, 1.82) is 0 Å². The van der Waals surface area contributed by atoms with Gasteiger partial charge in [-0.25, -0.2) is 4.79 Å². The van der Waals surface area contributed by atoms with Gasteiger partial charge in [-0.05, 0) is 19.9 Å². The zero-order valence-electron chi connectivity index (χ0n) is 7.69. The van der Waals surface area contributed by atoms with Gasteiger partial charge < -0.3 is 5.11 Å². The van der Waals surface area contributed by atoms with Crippen molar-refractivity contribution < 1.29 is 9.90 Å². The zero-order valence-corrected chi connectivity index (χ0v) is 7.69. The molecule has 0 amide bonds. The summed E-state index contributed by atoms with van der Waals surface area (Å²) in [6.45, 7) is 4.70. The van der Waals surface area contributed by atoms with E-state index in [0.717, 1.165) is 23.9 Å². The van der Waals surface area contributed by atoms with Gasteiger partial charge in [-0.15, -0.1) is 0 Å². The number of carbonyl (C=O) groups is 1. The summed E-state index contributed by atoms with van der Waals surface area (Å²) in [4.78, 5) is 10.2. The molecule has 0 fully saturated rings. The van der Waals surface area contributed by atoms with Gasteiger partial charge in [-0.3, -0.25) is 4.68 Å². The molecule has 0 aliphatic carbocycles. The van der Waals surface area contributed by atoms with E-state index in [1.165, 1.54) is 0 Å². The second kappa shape index (κ2) is 3.89. The third kappa shape index (κ3) is 2.18. The molecule has 0 spiro atoms. The van der Waals surface area contributed by atoms with Gasteiger partial charge in [0.15, 0.2) is 0 Å². The van der Waals surface area contributed by atoms with Gasteiger partial charge in [0.05, 0.1) is 6.20 Å². The third-order valence-electron chi connectivity index (χ3n) is 1.85. The summed E-state index contributed by atoms with van der Waals surface area (Å²) in [5, 5.41) is 12.5. The van der Waals surface area contributed by atoms with Crippen molar-refractivity contribution in [1.82, 2.24) is 9.78 Å². The van der Waals surface area contributed by atoms with Crippen LogP contribution in [0.4, 0.5) is 0 Å². The molecule has 0 saturated heterocycles. The van der Waals surface area contributed by atoms with E-state index >= 15 is 0 Å². The topological polar surface area (TPSA) is 55.1 Å². The predicted octanol–water partition coefficient (Wildman–Crippen LogP) is 1.31. The number of aromatic nitrogens is 2. The van der Waals surface area contributed by atoms with E-state index in [0.29, 0.717) is 0 Å². The van der Waals surface area contributed by atoms with E-state index < -0.39 is 5.97 Å². The van der Waals surface area contributed by atoms with Crippen molar-refractivity contribution in [2.45, 2.75) is 20.4 Å². The maximum Gasteiger partial charge on any atom is 0.328 e. The van der Waals surface area contributed by atoms with Crippen molar-refractivity contribution in [2.24, 2.45) is 0 Å². The van der Waals surface area contributed by atoms with Gasteiger partial charge in [0, 0.05) is 23.9 Å². The molecule has 1 aromatic heterocycles. The van der Waals surface area contributed by atoms with Crippen LogP contribution in [0.15, 0.2) is 12.3 Å². The van der Waals surface area contributed by atoms with Crippen LogP contribution in [0.2, 0.25) is 0 Å². The lowest BCUT2D eigenvalue weighted by Gasteiger charge is -1.97. The number of hydrogen-bond donors (Lipinski definition) is 1. The van der Waals surface area contributed by atoms with Gasteiger partial charge in [-0.1, -0.05) is 0 Å². The normalized spacial score (nSPS) is 10.9. The molecular formula is C9H12N2O2. The second-order valence-electron chi connectivity index (χ2n) is 2.67. The van der Waals surface area contributed by atoms with Gasteiger partial charge >= 0.3 is 5.97 Å². The lowest BCUT2D eigenvalue weighted by molar-refractivity contribution is -0.131.